The molecular formula is C17H24Br2P2. The Labute approximate surface area is 153 Å². The molecule has 0 radical (unpaired) electrons. The molecule has 116 valence electrons. The molecule has 0 nitrogen and oxygen atoms in total. The van der Waals surface area contributed by atoms with Crippen LogP contribution >= 0.6 is 17.2 Å². The van der Waals surface area contributed by atoms with Gasteiger partial charge in [-0.25, -0.2) is 0 Å². The third kappa shape index (κ3) is 9.80. The molecule has 0 heterocycles. The van der Waals surface area contributed by atoms with Crippen LogP contribution in [0.1, 0.15) is 11.1 Å². The van der Waals surface area contributed by atoms with E-state index in [2.05, 4.69) is 60.7 Å². The smallest absolute Gasteiger partial charge is 0.150 e. The fourth-order valence-corrected chi connectivity index (χ4v) is 6.08. The molecule has 4 heteroatoms. The van der Waals surface area contributed by atoms with E-state index in [4.69, 9.17) is 0 Å². The van der Waals surface area contributed by atoms with Gasteiger partial charge < -0.3 is 34.0 Å². The first-order chi connectivity index (χ1) is 9.45. The van der Waals surface area contributed by atoms with Crippen molar-refractivity contribution < 1.29 is 34.0 Å². The summed E-state index contributed by atoms with van der Waals surface area (Å²) in [5, 5.41) is 0. The molecule has 2 aromatic rings. The minimum Gasteiger partial charge on any atom is -1.00 e. The molecule has 0 amide bonds. The highest BCUT2D eigenvalue weighted by Gasteiger charge is 2.02. The Hall–Kier alpha value is 0.260. The normalized spacial score (nSPS) is 10.7. The van der Waals surface area contributed by atoms with E-state index in [0.29, 0.717) is 17.2 Å². The maximum absolute atomic E-state index is 2.25. The SMILES string of the molecule is [Br-].[Br-].c1ccc(CC[PH2+]C[PH2+]CCc2ccccc2)cc1. The number of rotatable bonds is 8. The zero-order valence-electron chi connectivity index (χ0n) is 12.2. The van der Waals surface area contributed by atoms with Crippen molar-refractivity contribution in [3.63, 3.8) is 0 Å². The first-order valence-corrected chi connectivity index (χ1v) is 10.4. The summed E-state index contributed by atoms with van der Waals surface area (Å²) in [6.07, 6.45) is 5.44. The van der Waals surface area contributed by atoms with Crippen molar-refractivity contribution in [2.75, 3.05) is 18.2 Å². The molecule has 0 aliphatic carbocycles. The number of aryl methyl sites for hydroxylation is 2. The van der Waals surface area contributed by atoms with Gasteiger partial charge in [-0.1, -0.05) is 60.7 Å². The van der Waals surface area contributed by atoms with Crippen LogP contribution in [0.5, 0.6) is 0 Å². The number of benzene rings is 2. The molecule has 2 aromatic carbocycles. The summed E-state index contributed by atoms with van der Waals surface area (Å²) in [5.41, 5.74) is 3.02. The lowest BCUT2D eigenvalue weighted by molar-refractivity contribution is -0.00100. The van der Waals surface area contributed by atoms with Crippen LogP contribution in [0.4, 0.5) is 0 Å². The molecule has 0 fully saturated rings. The Morgan fingerprint density at radius 1 is 0.571 bits per heavy atom. The molecule has 21 heavy (non-hydrogen) atoms. The summed E-state index contributed by atoms with van der Waals surface area (Å²) >= 11 is 0. The van der Waals surface area contributed by atoms with Gasteiger partial charge in [0.2, 0.25) is 0 Å². The molecule has 0 saturated heterocycles. The summed E-state index contributed by atoms with van der Waals surface area (Å²) in [7, 11) is 1.37. The maximum atomic E-state index is 2.25. The van der Waals surface area contributed by atoms with E-state index in [9.17, 15) is 0 Å². The summed E-state index contributed by atoms with van der Waals surface area (Å²) in [6, 6.07) is 21.8. The zero-order chi connectivity index (χ0) is 13.2. The molecule has 0 aromatic heterocycles. The zero-order valence-corrected chi connectivity index (χ0v) is 17.7. The summed E-state index contributed by atoms with van der Waals surface area (Å²) in [4.78, 5) is 0. The van der Waals surface area contributed by atoms with Gasteiger partial charge in [-0.2, -0.15) is 0 Å². The van der Waals surface area contributed by atoms with Crippen molar-refractivity contribution in [3.8, 4) is 0 Å². The van der Waals surface area contributed by atoms with Crippen LogP contribution in [0.25, 0.3) is 0 Å². The summed E-state index contributed by atoms with van der Waals surface area (Å²) in [5.74, 6) is 1.54. The molecule has 0 bridgehead atoms. The first kappa shape index (κ1) is 21.3. The van der Waals surface area contributed by atoms with Crippen molar-refractivity contribution in [2.45, 2.75) is 12.8 Å². The second kappa shape index (κ2) is 13.9. The molecule has 0 aliphatic rings. The molecule has 0 N–H and O–H groups in total. The summed E-state index contributed by atoms with van der Waals surface area (Å²) < 4.78 is 0. The molecular weight excluding hydrogens is 426 g/mol. The van der Waals surface area contributed by atoms with Gasteiger partial charge in [0.1, 0.15) is 0 Å². The van der Waals surface area contributed by atoms with Gasteiger partial charge in [0.05, 0.1) is 12.3 Å². The fourth-order valence-electron chi connectivity index (χ4n) is 2.18. The van der Waals surface area contributed by atoms with Crippen molar-refractivity contribution in [2.24, 2.45) is 0 Å². The van der Waals surface area contributed by atoms with Gasteiger partial charge in [0, 0.05) is 30.0 Å². The van der Waals surface area contributed by atoms with Crippen molar-refractivity contribution in [1.29, 1.82) is 0 Å². The Balaban J connectivity index is 0.00000200. The lowest BCUT2D eigenvalue weighted by atomic mass is 10.2. The van der Waals surface area contributed by atoms with E-state index in [1.807, 2.05) is 0 Å². The number of hydrogen-bond donors (Lipinski definition) is 0. The van der Waals surface area contributed by atoms with Crippen LogP contribution in [0.3, 0.4) is 0 Å². The molecule has 2 rings (SSSR count). The highest BCUT2D eigenvalue weighted by molar-refractivity contribution is 7.56. The highest BCUT2D eigenvalue weighted by atomic mass is 79.9. The van der Waals surface area contributed by atoms with Gasteiger partial charge >= 0.3 is 0 Å². The van der Waals surface area contributed by atoms with Crippen LogP contribution < -0.4 is 34.0 Å². The largest absolute Gasteiger partial charge is 1.00 e. The lowest BCUT2D eigenvalue weighted by Crippen LogP contribution is -3.00. The average molecular weight is 450 g/mol. The van der Waals surface area contributed by atoms with Gasteiger partial charge in [-0.05, 0) is 11.1 Å². The second-order valence-electron chi connectivity index (χ2n) is 4.86. The number of halogens is 2. The van der Waals surface area contributed by atoms with E-state index in [1.54, 1.807) is 5.90 Å². The third-order valence-electron chi connectivity index (χ3n) is 3.29. The van der Waals surface area contributed by atoms with Crippen molar-refractivity contribution in [1.82, 2.24) is 0 Å². The van der Waals surface area contributed by atoms with Gasteiger partial charge in [0.15, 0.2) is 5.90 Å². The van der Waals surface area contributed by atoms with Crippen molar-refractivity contribution in [3.05, 3.63) is 71.8 Å². The van der Waals surface area contributed by atoms with Gasteiger partial charge in [0.25, 0.3) is 0 Å². The summed E-state index contributed by atoms with van der Waals surface area (Å²) in [6.45, 7) is 0. The molecule has 0 aliphatic heterocycles. The minimum absolute atomic E-state index is 0. The van der Waals surface area contributed by atoms with E-state index in [-0.39, 0.29) is 34.0 Å². The lowest BCUT2D eigenvalue weighted by Gasteiger charge is -1.97. The third-order valence-corrected chi connectivity index (χ3v) is 7.35. The topological polar surface area (TPSA) is 0 Å². The van der Waals surface area contributed by atoms with E-state index < -0.39 is 0 Å². The quantitative estimate of drug-likeness (QED) is 0.331. The molecule has 0 saturated carbocycles. The van der Waals surface area contributed by atoms with Gasteiger partial charge in [-0.3, -0.25) is 0 Å². The molecule has 2 unspecified atom stereocenters. The Morgan fingerprint density at radius 2 is 0.952 bits per heavy atom. The van der Waals surface area contributed by atoms with E-state index >= 15 is 0 Å². The predicted octanol–water partition coefficient (Wildman–Crippen LogP) is -1.74. The highest BCUT2D eigenvalue weighted by Crippen LogP contribution is 2.25. The minimum atomic E-state index is 0. The van der Waals surface area contributed by atoms with Crippen LogP contribution in [0.2, 0.25) is 0 Å². The average Bonchev–Trinajstić information content (AvgIpc) is 2.48. The predicted molar refractivity (Wildman–Crippen MR) is 94.3 cm³/mol. The van der Waals surface area contributed by atoms with Crippen LogP contribution in [0.15, 0.2) is 60.7 Å². The van der Waals surface area contributed by atoms with E-state index in [0.717, 1.165) is 0 Å². The Kier molecular flexibility index (Phi) is 14.1. The Morgan fingerprint density at radius 3 is 1.33 bits per heavy atom. The second-order valence-corrected chi connectivity index (χ2v) is 9.06. The number of hydrogen-bond acceptors (Lipinski definition) is 0. The Bertz CT molecular complexity index is 405. The van der Waals surface area contributed by atoms with Crippen LogP contribution in [0, 0.1) is 0 Å². The standard InChI is InChI=1S/C17H22P2.2BrH/c1-3-7-16(8-4-1)11-13-18-15-19-14-12-17-9-5-2-6-10-17;;/h1-10,18-19H,11-15H2;2*1H. The van der Waals surface area contributed by atoms with E-state index in [1.165, 1.54) is 36.3 Å². The molecule has 2 atom stereocenters. The van der Waals surface area contributed by atoms with Crippen molar-refractivity contribution >= 4 is 17.2 Å². The molecule has 0 spiro atoms. The fraction of sp³-hybridized carbons (Fsp3) is 0.294. The maximum Gasteiger partial charge on any atom is 0.150 e. The van der Waals surface area contributed by atoms with Crippen LogP contribution in [-0.4, -0.2) is 18.2 Å². The first-order valence-electron chi connectivity index (χ1n) is 7.16. The monoisotopic (exact) mass is 448 g/mol. The van der Waals surface area contributed by atoms with Crippen LogP contribution in [-0.2, 0) is 12.8 Å². The van der Waals surface area contributed by atoms with Gasteiger partial charge in [-0.15, -0.1) is 0 Å².